The van der Waals surface area contributed by atoms with E-state index < -0.39 is 5.91 Å². The molecule has 0 aliphatic carbocycles. The molecule has 0 radical (unpaired) electrons. The molecule has 3 rings (SSSR count). The molecule has 0 unspecified atom stereocenters. The van der Waals surface area contributed by atoms with Gasteiger partial charge in [-0.15, -0.1) is 5.10 Å². The number of aromatic nitrogens is 3. The Kier molecular flexibility index (Phi) is 4.27. The molecule has 1 amide bonds. The average molecular weight is 338 g/mol. The molecule has 7 heteroatoms. The van der Waals surface area contributed by atoms with Crippen molar-refractivity contribution in [1.82, 2.24) is 14.8 Å². The zero-order chi connectivity index (χ0) is 17.1. The minimum absolute atomic E-state index is 0.0141. The van der Waals surface area contributed by atoms with E-state index in [1.54, 1.807) is 49.4 Å². The molecule has 0 aliphatic heterocycles. The van der Waals surface area contributed by atoms with Crippen molar-refractivity contribution in [2.75, 3.05) is 5.32 Å². The first-order valence-electron chi connectivity index (χ1n) is 7.08. The Balaban J connectivity index is 1.90. The number of nitrogens with one attached hydrogen (secondary N) is 1. The van der Waals surface area contributed by atoms with E-state index in [9.17, 15) is 4.79 Å². The number of carbonyl (C=O) groups is 1. The molecule has 2 aromatic carbocycles. The van der Waals surface area contributed by atoms with Crippen LogP contribution in [0.2, 0.25) is 5.02 Å². The Morgan fingerprint density at radius 3 is 2.79 bits per heavy atom. The van der Waals surface area contributed by atoms with Crippen molar-refractivity contribution < 1.29 is 4.79 Å². The molecule has 0 saturated carbocycles. The van der Waals surface area contributed by atoms with E-state index in [1.807, 2.05) is 12.1 Å². The van der Waals surface area contributed by atoms with E-state index in [2.05, 4.69) is 15.4 Å². The van der Waals surface area contributed by atoms with Crippen molar-refractivity contribution in [1.29, 1.82) is 5.26 Å². The Bertz CT molecular complexity index is 958. The fraction of sp³-hybridized carbons (Fsp3) is 0.0588. The van der Waals surface area contributed by atoms with Gasteiger partial charge in [0.05, 0.1) is 16.9 Å². The summed E-state index contributed by atoms with van der Waals surface area (Å²) in [5.74, 6) is 0.0813. The van der Waals surface area contributed by atoms with Crippen LogP contribution in [-0.4, -0.2) is 20.7 Å². The first kappa shape index (κ1) is 15.7. The second-order valence-electron chi connectivity index (χ2n) is 4.99. The topological polar surface area (TPSA) is 83.6 Å². The molecule has 0 atom stereocenters. The number of amides is 1. The maximum atomic E-state index is 12.4. The summed E-state index contributed by atoms with van der Waals surface area (Å²) in [6, 6.07) is 15.9. The van der Waals surface area contributed by atoms with Gasteiger partial charge in [0.25, 0.3) is 5.91 Å². The lowest BCUT2D eigenvalue weighted by molar-refractivity contribution is 0.101. The summed E-state index contributed by atoms with van der Waals surface area (Å²) in [6.07, 6.45) is 0. The van der Waals surface area contributed by atoms with Crippen molar-refractivity contribution in [3.8, 4) is 11.8 Å². The van der Waals surface area contributed by atoms with Gasteiger partial charge in [0.1, 0.15) is 11.9 Å². The molecular weight excluding hydrogens is 326 g/mol. The fourth-order valence-electron chi connectivity index (χ4n) is 2.21. The third-order valence-corrected chi connectivity index (χ3v) is 3.56. The van der Waals surface area contributed by atoms with Gasteiger partial charge < -0.3 is 5.32 Å². The van der Waals surface area contributed by atoms with Crippen molar-refractivity contribution in [3.63, 3.8) is 0 Å². The summed E-state index contributed by atoms with van der Waals surface area (Å²) in [5.41, 5.74) is 1.50. The summed E-state index contributed by atoms with van der Waals surface area (Å²) < 4.78 is 1.54. The highest BCUT2D eigenvalue weighted by Crippen LogP contribution is 2.17. The normalized spacial score (nSPS) is 10.2. The molecule has 0 bridgehead atoms. The van der Waals surface area contributed by atoms with Crippen LogP contribution in [0.15, 0.2) is 48.5 Å². The first-order valence-corrected chi connectivity index (χ1v) is 7.46. The standard InChI is InChI=1S/C17H12ClN5O/c1-11-20-16(22-23(11)14-7-4-6-13(18)9-14)17(24)21-15-8-3-2-5-12(15)10-19/h2-9H,1H3,(H,21,24). The SMILES string of the molecule is Cc1nc(C(=O)Nc2ccccc2C#N)nn1-c1cccc(Cl)c1. The predicted molar refractivity (Wildman–Crippen MR) is 90.2 cm³/mol. The molecule has 0 fully saturated rings. The van der Waals surface area contributed by atoms with Crippen LogP contribution < -0.4 is 5.32 Å². The molecule has 6 nitrogen and oxygen atoms in total. The smallest absolute Gasteiger partial charge is 0.295 e. The Hall–Kier alpha value is -3.17. The van der Waals surface area contributed by atoms with Crippen LogP contribution in [-0.2, 0) is 0 Å². The van der Waals surface area contributed by atoms with Crippen molar-refractivity contribution in [3.05, 3.63) is 70.8 Å². The molecule has 1 N–H and O–H groups in total. The van der Waals surface area contributed by atoms with Gasteiger partial charge in [0.15, 0.2) is 0 Å². The molecule has 118 valence electrons. The zero-order valence-electron chi connectivity index (χ0n) is 12.7. The summed E-state index contributed by atoms with van der Waals surface area (Å²) in [5, 5.41) is 16.5. The number of carbonyl (C=O) groups excluding carboxylic acids is 1. The van der Waals surface area contributed by atoms with Gasteiger partial charge in [0.2, 0.25) is 5.82 Å². The minimum atomic E-state index is -0.485. The number of hydrogen-bond donors (Lipinski definition) is 1. The number of hydrogen-bond acceptors (Lipinski definition) is 4. The lowest BCUT2D eigenvalue weighted by Gasteiger charge is -2.04. The Morgan fingerprint density at radius 2 is 2.04 bits per heavy atom. The van der Waals surface area contributed by atoms with Crippen LogP contribution >= 0.6 is 11.6 Å². The van der Waals surface area contributed by atoms with Gasteiger partial charge >= 0.3 is 0 Å². The number of rotatable bonds is 3. The van der Waals surface area contributed by atoms with Crippen molar-refractivity contribution in [2.45, 2.75) is 6.92 Å². The molecular formula is C17H12ClN5O. The van der Waals surface area contributed by atoms with Crippen LogP contribution in [0.25, 0.3) is 5.69 Å². The van der Waals surface area contributed by atoms with Gasteiger partial charge in [-0.1, -0.05) is 29.8 Å². The van der Waals surface area contributed by atoms with Gasteiger partial charge in [0, 0.05) is 5.02 Å². The molecule has 1 heterocycles. The molecule has 0 saturated heterocycles. The van der Waals surface area contributed by atoms with Crippen LogP contribution in [0, 0.1) is 18.3 Å². The predicted octanol–water partition coefficient (Wildman–Crippen LogP) is 3.35. The van der Waals surface area contributed by atoms with Crippen LogP contribution in [0.5, 0.6) is 0 Å². The summed E-state index contributed by atoms with van der Waals surface area (Å²) in [6.45, 7) is 1.74. The van der Waals surface area contributed by atoms with Gasteiger partial charge in [-0.25, -0.2) is 9.67 Å². The molecule has 24 heavy (non-hydrogen) atoms. The number of nitrogens with zero attached hydrogens (tertiary/aromatic N) is 4. The lowest BCUT2D eigenvalue weighted by atomic mass is 10.2. The fourth-order valence-corrected chi connectivity index (χ4v) is 2.39. The minimum Gasteiger partial charge on any atom is -0.318 e. The quantitative estimate of drug-likeness (QED) is 0.794. The van der Waals surface area contributed by atoms with Crippen LogP contribution in [0.4, 0.5) is 5.69 Å². The highest BCUT2D eigenvalue weighted by molar-refractivity contribution is 6.30. The lowest BCUT2D eigenvalue weighted by Crippen LogP contribution is -2.15. The summed E-state index contributed by atoms with van der Waals surface area (Å²) in [4.78, 5) is 16.5. The number of anilines is 1. The van der Waals surface area contributed by atoms with E-state index in [-0.39, 0.29) is 5.82 Å². The molecule has 0 aliphatic rings. The second kappa shape index (κ2) is 6.52. The number of aryl methyl sites for hydroxylation is 1. The molecule has 1 aromatic heterocycles. The van der Waals surface area contributed by atoms with Crippen LogP contribution in [0.3, 0.4) is 0 Å². The van der Waals surface area contributed by atoms with Gasteiger partial charge in [-0.3, -0.25) is 4.79 Å². The number of benzene rings is 2. The van der Waals surface area contributed by atoms with E-state index in [0.717, 1.165) is 0 Å². The van der Waals surface area contributed by atoms with E-state index in [4.69, 9.17) is 16.9 Å². The number of halogens is 1. The summed E-state index contributed by atoms with van der Waals surface area (Å²) >= 11 is 5.99. The Labute approximate surface area is 143 Å². The Morgan fingerprint density at radius 1 is 1.25 bits per heavy atom. The molecule has 3 aromatic rings. The number of para-hydroxylation sites is 1. The van der Waals surface area contributed by atoms with E-state index in [1.165, 1.54) is 4.68 Å². The summed E-state index contributed by atoms with van der Waals surface area (Å²) in [7, 11) is 0. The first-order chi connectivity index (χ1) is 11.6. The number of nitriles is 1. The maximum Gasteiger partial charge on any atom is 0.295 e. The highest BCUT2D eigenvalue weighted by Gasteiger charge is 2.16. The third-order valence-electron chi connectivity index (χ3n) is 3.32. The average Bonchev–Trinajstić information content (AvgIpc) is 2.97. The van der Waals surface area contributed by atoms with Crippen LogP contribution in [0.1, 0.15) is 22.0 Å². The van der Waals surface area contributed by atoms with Crippen molar-refractivity contribution >= 4 is 23.2 Å². The molecule has 0 spiro atoms. The van der Waals surface area contributed by atoms with Gasteiger partial charge in [-0.2, -0.15) is 5.26 Å². The van der Waals surface area contributed by atoms with E-state index >= 15 is 0 Å². The van der Waals surface area contributed by atoms with Crippen molar-refractivity contribution in [2.24, 2.45) is 0 Å². The highest BCUT2D eigenvalue weighted by atomic mass is 35.5. The van der Waals surface area contributed by atoms with E-state index in [0.29, 0.717) is 27.8 Å². The monoisotopic (exact) mass is 337 g/mol. The third kappa shape index (κ3) is 3.12. The second-order valence-corrected chi connectivity index (χ2v) is 5.42. The maximum absolute atomic E-state index is 12.4. The zero-order valence-corrected chi connectivity index (χ0v) is 13.4. The van der Waals surface area contributed by atoms with Gasteiger partial charge in [-0.05, 0) is 37.3 Å². The largest absolute Gasteiger partial charge is 0.318 e.